The number of hydrogen-bond acceptors (Lipinski definition) is 24. The molecule has 6 heterocycles. The fourth-order valence-corrected chi connectivity index (χ4v) is 10.8. The van der Waals surface area contributed by atoms with Crippen LogP contribution >= 0.6 is 0 Å². The standard InChI is InChI=1S/C55H94O24/c1-11-13-19-22-32-23-20-17-15-14-16-18-21-24-33(56)73-45-41(64)53(78-46-37(60)35(58)28(7)68-54(46)72-32)70-30(9)43(45)77-55-48(75-50(66)26(5)12-2)47(79-51-39(62)36(59)34(57)27(6)67-51)44(31(10)71-55)76-52-40(63)38(61)42(29(8)69-52)74-49(65)25(3)4/h25-32,34-48,51-55,57-64H,11-24H2,1-10H3/t26-,27-,28+,29-,30-,31-,32-,34-,35-,36+,37-,38-,39+,40+,41+,42-,43-,44-,45-,46+,47+,48+,51-,52-,53-,54-,55-/m0/s1. The van der Waals surface area contributed by atoms with Crippen molar-refractivity contribution in [3.8, 4) is 0 Å². The normalized spacial score (nSPS) is 44.7. The zero-order valence-electron chi connectivity index (χ0n) is 47.7. The summed E-state index contributed by atoms with van der Waals surface area (Å²) in [6.07, 6.45) is -27.9. The van der Waals surface area contributed by atoms with Gasteiger partial charge in [-0.2, -0.15) is 0 Å². The summed E-state index contributed by atoms with van der Waals surface area (Å²) >= 11 is 0. The number of esters is 3. The molecule has 24 nitrogen and oxygen atoms in total. The van der Waals surface area contributed by atoms with Gasteiger partial charge < -0.3 is 102 Å². The maximum atomic E-state index is 14.1. The third kappa shape index (κ3) is 16.7. The lowest BCUT2D eigenvalue weighted by Gasteiger charge is -2.51. The van der Waals surface area contributed by atoms with E-state index >= 15 is 0 Å². The lowest BCUT2D eigenvalue weighted by Crippen LogP contribution is -2.68. The van der Waals surface area contributed by atoms with E-state index in [0.717, 1.165) is 64.2 Å². The van der Waals surface area contributed by atoms with Crippen molar-refractivity contribution in [1.29, 1.82) is 0 Å². The van der Waals surface area contributed by atoms with Gasteiger partial charge in [-0.3, -0.25) is 14.4 Å². The molecule has 0 saturated carbocycles. The van der Waals surface area contributed by atoms with Crippen molar-refractivity contribution >= 4 is 17.9 Å². The Hall–Kier alpha value is -2.31. The van der Waals surface area contributed by atoms with Crippen LogP contribution in [0.15, 0.2) is 0 Å². The molecule has 0 aromatic rings. The van der Waals surface area contributed by atoms with E-state index in [4.69, 9.17) is 61.6 Å². The number of unbranched alkanes of at least 4 members (excludes halogenated alkanes) is 2. The zero-order valence-corrected chi connectivity index (χ0v) is 47.7. The van der Waals surface area contributed by atoms with E-state index in [1.54, 1.807) is 41.5 Å². The van der Waals surface area contributed by atoms with Gasteiger partial charge in [-0.1, -0.05) is 92.4 Å². The van der Waals surface area contributed by atoms with Crippen LogP contribution in [0.1, 0.15) is 159 Å². The first-order valence-electron chi connectivity index (χ1n) is 29.1. The Morgan fingerprint density at radius 1 is 0.494 bits per heavy atom. The van der Waals surface area contributed by atoms with Gasteiger partial charge in [0.15, 0.2) is 49.8 Å². The smallest absolute Gasteiger partial charge is 0.309 e. The molecule has 6 fully saturated rings. The van der Waals surface area contributed by atoms with Crippen LogP contribution in [0.25, 0.3) is 0 Å². The van der Waals surface area contributed by atoms with Gasteiger partial charge in [0, 0.05) is 6.42 Å². The van der Waals surface area contributed by atoms with Gasteiger partial charge in [0.1, 0.15) is 73.2 Å². The van der Waals surface area contributed by atoms with Crippen molar-refractivity contribution in [2.24, 2.45) is 11.8 Å². The van der Waals surface area contributed by atoms with E-state index in [-0.39, 0.29) is 12.5 Å². The predicted molar refractivity (Wildman–Crippen MR) is 274 cm³/mol. The number of carbonyl (C=O) groups is 3. The van der Waals surface area contributed by atoms with Crippen molar-refractivity contribution in [2.75, 3.05) is 0 Å². The van der Waals surface area contributed by atoms with Gasteiger partial charge in [0.05, 0.1) is 48.5 Å². The first-order valence-corrected chi connectivity index (χ1v) is 29.1. The molecule has 2 bridgehead atoms. The van der Waals surface area contributed by atoms with Crippen LogP contribution in [0.5, 0.6) is 0 Å². The van der Waals surface area contributed by atoms with Crippen LogP contribution in [-0.2, 0) is 76.0 Å². The Morgan fingerprint density at radius 2 is 1.03 bits per heavy atom. The number of hydrogen-bond donors (Lipinski definition) is 8. The molecule has 6 saturated heterocycles. The van der Waals surface area contributed by atoms with Crippen LogP contribution in [-0.4, -0.2) is 218 Å². The molecule has 0 aromatic heterocycles. The minimum Gasteiger partial charge on any atom is -0.457 e. The molecule has 6 rings (SSSR count). The molecule has 458 valence electrons. The second kappa shape index (κ2) is 30.5. The lowest BCUT2D eigenvalue weighted by atomic mass is 9.95. The van der Waals surface area contributed by atoms with Crippen LogP contribution in [0.4, 0.5) is 0 Å². The molecule has 27 atom stereocenters. The molecule has 0 aliphatic carbocycles. The molecule has 0 unspecified atom stereocenters. The minimum atomic E-state index is -1.91. The third-order valence-electron chi connectivity index (χ3n) is 16.1. The third-order valence-corrected chi connectivity index (χ3v) is 16.1. The van der Waals surface area contributed by atoms with E-state index in [1.165, 1.54) is 20.8 Å². The number of ether oxygens (including phenoxy) is 13. The van der Waals surface area contributed by atoms with E-state index in [0.29, 0.717) is 19.3 Å². The Kier molecular flexibility index (Phi) is 25.4. The monoisotopic (exact) mass is 1140 g/mol. The Balaban J connectivity index is 1.36. The number of carbonyl (C=O) groups excluding carboxylic acids is 3. The Bertz CT molecular complexity index is 1860. The second-order valence-corrected chi connectivity index (χ2v) is 22.9. The highest BCUT2D eigenvalue weighted by Gasteiger charge is 2.59. The van der Waals surface area contributed by atoms with Crippen LogP contribution < -0.4 is 0 Å². The summed E-state index contributed by atoms with van der Waals surface area (Å²) in [4.78, 5) is 40.6. The fourth-order valence-electron chi connectivity index (χ4n) is 10.8. The van der Waals surface area contributed by atoms with E-state index in [1.807, 2.05) is 0 Å². The lowest BCUT2D eigenvalue weighted by molar-refractivity contribution is -0.399. The quantitative estimate of drug-likeness (QED) is 0.0661. The highest BCUT2D eigenvalue weighted by molar-refractivity contribution is 5.72. The molecule has 0 amide bonds. The largest absolute Gasteiger partial charge is 0.457 e. The maximum Gasteiger partial charge on any atom is 0.309 e. The van der Waals surface area contributed by atoms with Gasteiger partial charge in [0.2, 0.25) is 0 Å². The molecule has 6 aliphatic rings. The molecule has 6 aliphatic heterocycles. The molecule has 0 aromatic carbocycles. The van der Waals surface area contributed by atoms with Gasteiger partial charge in [-0.25, -0.2) is 0 Å². The predicted octanol–water partition coefficient (Wildman–Crippen LogP) is 2.07. The summed E-state index contributed by atoms with van der Waals surface area (Å²) in [5.74, 6) is -3.46. The summed E-state index contributed by atoms with van der Waals surface area (Å²) in [7, 11) is 0. The number of aliphatic hydroxyl groups is 8. The van der Waals surface area contributed by atoms with Crippen molar-refractivity contribution in [1.82, 2.24) is 0 Å². The summed E-state index contributed by atoms with van der Waals surface area (Å²) in [6, 6.07) is 0. The topological polar surface area (TPSA) is 333 Å². The first kappa shape index (κ1) is 65.8. The Labute approximate surface area is 464 Å². The summed E-state index contributed by atoms with van der Waals surface area (Å²) < 4.78 is 81.5. The van der Waals surface area contributed by atoms with E-state index in [9.17, 15) is 55.2 Å². The van der Waals surface area contributed by atoms with E-state index < -0.39 is 183 Å². The summed E-state index contributed by atoms with van der Waals surface area (Å²) in [6.45, 7) is 16.2. The Morgan fingerprint density at radius 3 is 1.68 bits per heavy atom. The minimum absolute atomic E-state index is 0.0294. The summed E-state index contributed by atoms with van der Waals surface area (Å²) in [5.41, 5.74) is 0. The van der Waals surface area contributed by atoms with Crippen molar-refractivity contribution in [3.63, 3.8) is 0 Å². The first-order chi connectivity index (χ1) is 37.5. The average Bonchev–Trinajstić information content (AvgIpc) is 3.43. The van der Waals surface area contributed by atoms with Gasteiger partial charge in [0.25, 0.3) is 0 Å². The fraction of sp³-hybridized carbons (Fsp3) is 0.945. The zero-order chi connectivity index (χ0) is 58.0. The molecule has 0 spiro atoms. The average molecular weight is 1140 g/mol. The van der Waals surface area contributed by atoms with Crippen LogP contribution in [0.3, 0.4) is 0 Å². The SMILES string of the molecule is CCCCC[C@H]1CCCCCCCCCC(=O)O[C@H]2[C@@H](O)[C@H](O[C@H]3[C@H](O1)O[C@H](C)[C@H](O)[C@@H]3O)O[C@@H](C)[C@@H]2O[C@@H]1O[C@@H](C)[C@H](O[C@@H]2O[C@@H](C)[C@H](OC(=O)C(C)C)[C@@H](O)[C@H]2O)[C@@H](O[C@@H]2O[C@@H](C)[C@H](O)[C@@H](O)[C@H]2O)[C@H]1OC(=O)[C@@H](C)CC. The van der Waals surface area contributed by atoms with Crippen molar-refractivity contribution in [2.45, 2.75) is 319 Å². The molecule has 8 N–H and O–H groups in total. The van der Waals surface area contributed by atoms with Gasteiger partial charge >= 0.3 is 17.9 Å². The maximum absolute atomic E-state index is 14.1. The molecule has 79 heavy (non-hydrogen) atoms. The van der Waals surface area contributed by atoms with Crippen molar-refractivity contribution in [3.05, 3.63) is 0 Å². The number of fused-ring (bicyclic) bond motifs is 3. The molecule has 0 radical (unpaired) electrons. The molecular formula is C55H94O24. The molecular weight excluding hydrogens is 1040 g/mol. The van der Waals surface area contributed by atoms with Gasteiger partial charge in [-0.15, -0.1) is 0 Å². The highest BCUT2D eigenvalue weighted by Crippen LogP contribution is 2.39. The van der Waals surface area contributed by atoms with Crippen molar-refractivity contribution < 1.29 is 117 Å². The summed E-state index contributed by atoms with van der Waals surface area (Å²) in [5, 5.41) is 90.9. The van der Waals surface area contributed by atoms with Crippen LogP contribution in [0.2, 0.25) is 0 Å². The van der Waals surface area contributed by atoms with Gasteiger partial charge in [-0.05, 0) is 60.3 Å². The second-order valence-electron chi connectivity index (χ2n) is 22.9. The highest BCUT2D eigenvalue weighted by atomic mass is 16.8. The van der Waals surface area contributed by atoms with Crippen LogP contribution in [0, 0.1) is 11.8 Å². The number of rotatable bonds is 15. The molecule has 24 heteroatoms. The van der Waals surface area contributed by atoms with E-state index in [2.05, 4.69) is 6.92 Å². The number of aliphatic hydroxyl groups excluding tert-OH is 8.